The quantitative estimate of drug-likeness (QED) is 0.689. The number of aryl methyl sites for hydroxylation is 1. The lowest BCUT2D eigenvalue weighted by Crippen LogP contribution is -2.49. The number of hydrogen-bond acceptors (Lipinski definition) is 4. The number of piperazine rings is 1. The van der Waals surface area contributed by atoms with E-state index in [-0.39, 0.29) is 24.0 Å². The summed E-state index contributed by atoms with van der Waals surface area (Å²) < 4.78 is 26.7. The van der Waals surface area contributed by atoms with Crippen LogP contribution in [0.4, 0.5) is 0 Å². The fraction of sp³-hybridized carbons (Fsp3) is 0.500. The van der Waals surface area contributed by atoms with Crippen LogP contribution in [0.5, 0.6) is 0 Å². The summed E-state index contributed by atoms with van der Waals surface area (Å²) in [4.78, 5) is 14.9. The Bertz CT molecular complexity index is 507. The summed E-state index contributed by atoms with van der Waals surface area (Å²) in [5, 5.41) is 2.55. The highest BCUT2D eigenvalue weighted by atomic mass is 32.2. The average molecular weight is 244 g/mol. The second kappa shape index (κ2) is 3.87. The summed E-state index contributed by atoms with van der Waals surface area (Å²) in [5.74, 6) is -0.286. The van der Waals surface area contributed by atoms with Crippen LogP contribution in [0.1, 0.15) is 0 Å². The molecule has 1 aliphatic heterocycles. The van der Waals surface area contributed by atoms with Crippen LogP contribution in [0.3, 0.4) is 0 Å². The van der Waals surface area contributed by atoms with Crippen molar-refractivity contribution in [2.24, 2.45) is 7.05 Å². The highest BCUT2D eigenvalue weighted by Gasteiger charge is 2.30. The van der Waals surface area contributed by atoms with Crippen LogP contribution in [0.15, 0.2) is 17.6 Å². The van der Waals surface area contributed by atoms with Gasteiger partial charge in [-0.1, -0.05) is 0 Å². The summed E-state index contributed by atoms with van der Waals surface area (Å²) in [6, 6.07) is 0. The monoisotopic (exact) mass is 244 g/mol. The Labute approximate surface area is 93.1 Å². The second-order valence-corrected chi connectivity index (χ2v) is 5.45. The molecule has 1 amide bonds. The van der Waals surface area contributed by atoms with Gasteiger partial charge < -0.3 is 9.88 Å². The van der Waals surface area contributed by atoms with Gasteiger partial charge in [-0.3, -0.25) is 4.79 Å². The predicted molar refractivity (Wildman–Crippen MR) is 55.0 cm³/mol. The highest BCUT2D eigenvalue weighted by molar-refractivity contribution is 7.89. The number of imidazole rings is 1. The van der Waals surface area contributed by atoms with Gasteiger partial charge in [-0.15, -0.1) is 0 Å². The van der Waals surface area contributed by atoms with Gasteiger partial charge in [0.1, 0.15) is 0 Å². The molecule has 1 saturated heterocycles. The van der Waals surface area contributed by atoms with E-state index < -0.39 is 10.0 Å². The van der Waals surface area contributed by atoms with Crippen LogP contribution >= 0.6 is 0 Å². The molecule has 1 aliphatic rings. The first-order valence-corrected chi connectivity index (χ1v) is 6.19. The molecule has 7 nitrogen and oxygen atoms in total. The van der Waals surface area contributed by atoms with E-state index >= 15 is 0 Å². The van der Waals surface area contributed by atoms with Crippen molar-refractivity contribution in [1.29, 1.82) is 0 Å². The van der Waals surface area contributed by atoms with Crippen LogP contribution in [0, 0.1) is 0 Å². The molecule has 0 spiro atoms. The van der Waals surface area contributed by atoms with Crippen molar-refractivity contribution in [3.63, 3.8) is 0 Å². The van der Waals surface area contributed by atoms with Gasteiger partial charge in [0, 0.05) is 26.3 Å². The molecule has 2 heterocycles. The topological polar surface area (TPSA) is 84.3 Å². The maximum Gasteiger partial charge on any atom is 0.262 e. The molecule has 2 rings (SSSR count). The Kier molecular flexibility index (Phi) is 2.68. The van der Waals surface area contributed by atoms with Crippen molar-refractivity contribution in [2.45, 2.75) is 5.03 Å². The normalized spacial score (nSPS) is 18.4. The molecule has 0 unspecified atom stereocenters. The largest absolute Gasteiger partial charge is 0.354 e. The Morgan fingerprint density at radius 2 is 2.25 bits per heavy atom. The number of aromatic nitrogens is 2. The second-order valence-electron chi connectivity index (χ2n) is 3.57. The van der Waals surface area contributed by atoms with Gasteiger partial charge in [-0.2, -0.15) is 4.31 Å². The van der Waals surface area contributed by atoms with E-state index in [9.17, 15) is 13.2 Å². The summed E-state index contributed by atoms with van der Waals surface area (Å²) in [6.45, 7) is 0.481. The van der Waals surface area contributed by atoms with Gasteiger partial charge in [0.2, 0.25) is 5.91 Å². The molecule has 0 atom stereocenters. The van der Waals surface area contributed by atoms with E-state index in [1.54, 1.807) is 11.6 Å². The number of amides is 1. The fourth-order valence-electron chi connectivity index (χ4n) is 1.47. The number of sulfonamides is 1. The lowest BCUT2D eigenvalue weighted by atomic mass is 10.4. The van der Waals surface area contributed by atoms with Gasteiger partial charge in [0.05, 0.1) is 12.9 Å². The van der Waals surface area contributed by atoms with Gasteiger partial charge in [-0.05, 0) is 0 Å². The Hall–Kier alpha value is -1.41. The van der Waals surface area contributed by atoms with E-state index in [4.69, 9.17) is 0 Å². The first-order chi connectivity index (χ1) is 7.50. The summed E-state index contributed by atoms with van der Waals surface area (Å²) >= 11 is 0. The van der Waals surface area contributed by atoms with Crippen molar-refractivity contribution in [1.82, 2.24) is 19.2 Å². The zero-order chi connectivity index (χ0) is 11.8. The number of nitrogens with zero attached hydrogens (tertiary/aromatic N) is 3. The molecule has 1 fully saturated rings. The fourth-order valence-corrected chi connectivity index (χ4v) is 2.84. The minimum Gasteiger partial charge on any atom is -0.354 e. The van der Waals surface area contributed by atoms with Crippen LogP contribution in [0.25, 0.3) is 0 Å². The van der Waals surface area contributed by atoms with E-state index in [0.29, 0.717) is 6.54 Å². The first kappa shape index (κ1) is 11.1. The van der Waals surface area contributed by atoms with E-state index in [1.807, 2.05) is 0 Å². The molecule has 0 aliphatic carbocycles. The molecule has 1 aromatic rings. The molecule has 88 valence electrons. The lowest BCUT2D eigenvalue weighted by Gasteiger charge is -2.24. The molecule has 1 N–H and O–H groups in total. The third kappa shape index (κ3) is 1.93. The number of rotatable bonds is 2. The standard InChI is InChI=1S/C8H12N4O3S/c1-11-5-8(10-6-11)16(14,15)12-3-2-9-7(13)4-12/h5-6H,2-4H2,1H3,(H,9,13). The third-order valence-corrected chi connectivity index (χ3v) is 4.02. The minimum absolute atomic E-state index is 0.0234. The van der Waals surface area contributed by atoms with Crippen LogP contribution in [0.2, 0.25) is 0 Å². The molecule has 1 aromatic heterocycles. The average Bonchev–Trinajstić information content (AvgIpc) is 2.65. The molecular formula is C8H12N4O3S. The van der Waals surface area contributed by atoms with E-state index in [1.165, 1.54) is 12.5 Å². The Morgan fingerprint density at radius 1 is 1.50 bits per heavy atom. The Morgan fingerprint density at radius 3 is 2.81 bits per heavy atom. The zero-order valence-electron chi connectivity index (χ0n) is 8.75. The Balaban J connectivity index is 2.28. The SMILES string of the molecule is Cn1cnc(S(=O)(=O)N2CCNC(=O)C2)c1. The minimum atomic E-state index is -3.63. The molecule has 0 bridgehead atoms. The number of nitrogens with one attached hydrogen (secondary N) is 1. The molecule has 0 aromatic carbocycles. The van der Waals surface area contributed by atoms with Crippen LogP contribution in [-0.4, -0.2) is 47.8 Å². The van der Waals surface area contributed by atoms with E-state index in [0.717, 1.165) is 4.31 Å². The molecule has 16 heavy (non-hydrogen) atoms. The van der Waals surface area contributed by atoms with Gasteiger partial charge in [0.25, 0.3) is 10.0 Å². The number of hydrogen-bond donors (Lipinski definition) is 1. The zero-order valence-corrected chi connectivity index (χ0v) is 9.57. The molecule has 8 heteroatoms. The lowest BCUT2D eigenvalue weighted by molar-refractivity contribution is -0.122. The maximum absolute atomic E-state index is 12.0. The van der Waals surface area contributed by atoms with Crippen molar-refractivity contribution in [3.05, 3.63) is 12.5 Å². The smallest absolute Gasteiger partial charge is 0.262 e. The molecular weight excluding hydrogens is 232 g/mol. The van der Waals surface area contributed by atoms with Gasteiger partial charge in [-0.25, -0.2) is 13.4 Å². The molecule has 0 saturated carbocycles. The van der Waals surface area contributed by atoms with Gasteiger partial charge >= 0.3 is 0 Å². The van der Waals surface area contributed by atoms with E-state index in [2.05, 4.69) is 10.3 Å². The van der Waals surface area contributed by atoms with Crippen molar-refractivity contribution >= 4 is 15.9 Å². The maximum atomic E-state index is 12.0. The first-order valence-electron chi connectivity index (χ1n) is 4.75. The summed E-state index contributed by atoms with van der Waals surface area (Å²) in [6.07, 6.45) is 2.83. The van der Waals surface area contributed by atoms with Crippen molar-refractivity contribution in [3.8, 4) is 0 Å². The van der Waals surface area contributed by atoms with Gasteiger partial charge in [0.15, 0.2) is 5.03 Å². The van der Waals surface area contributed by atoms with Crippen molar-refractivity contribution in [2.75, 3.05) is 19.6 Å². The summed E-state index contributed by atoms with van der Waals surface area (Å²) in [7, 11) is -1.94. The van der Waals surface area contributed by atoms with Crippen LogP contribution in [-0.2, 0) is 21.9 Å². The van der Waals surface area contributed by atoms with Crippen LogP contribution < -0.4 is 5.32 Å². The predicted octanol–water partition coefficient (Wildman–Crippen LogP) is -1.46. The third-order valence-electron chi connectivity index (χ3n) is 2.29. The highest BCUT2D eigenvalue weighted by Crippen LogP contribution is 2.13. The number of carbonyl (C=O) groups is 1. The summed E-state index contributed by atoms with van der Waals surface area (Å²) in [5.41, 5.74) is 0. The van der Waals surface area contributed by atoms with Crippen molar-refractivity contribution < 1.29 is 13.2 Å². The number of carbonyl (C=O) groups excluding carboxylic acids is 1. The molecule has 0 radical (unpaired) electrons.